The van der Waals surface area contributed by atoms with Crippen LogP contribution in [0.25, 0.3) is 33.7 Å². The zero-order chi connectivity index (χ0) is 58.5. The lowest BCUT2D eigenvalue weighted by molar-refractivity contribution is 0.697. The van der Waals surface area contributed by atoms with Crippen molar-refractivity contribution in [2.24, 2.45) is 20.0 Å². The Bertz CT molecular complexity index is 3800. The summed E-state index contributed by atoms with van der Waals surface area (Å²) in [6.07, 6.45) is 16.2. The van der Waals surface area contributed by atoms with Crippen LogP contribution in [-0.2, 0) is 36.5 Å². The fourth-order valence-electron chi connectivity index (χ4n) is 12.2. The largest absolute Gasteiger partial charge is 0.357 e. The van der Waals surface area contributed by atoms with E-state index in [-0.39, 0.29) is 12.1 Å². The molecule has 0 spiro atoms. The number of hydrogen-bond acceptors (Lipinski definition) is 4. The number of benzene rings is 5. The normalized spacial score (nSPS) is 15.6. The molecule has 0 saturated heterocycles. The van der Waals surface area contributed by atoms with Crippen molar-refractivity contribution in [2.45, 2.75) is 118 Å². The first-order valence-corrected chi connectivity index (χ1v) is 30.1. The Morgan fingerprint density at radius 3 is 1.17 bits per heavy atom. The van der Waals surface area contributed by atoms with E-state index in [1.54, 1.807) is 0 Å². The molecule has 0 fully saturated rings. The smallest absolute Gasteiger partial charge is 0.0733 e. The van der Waals surface area contributed by atoms with Gasteiger partial charge < -0.3 is 19.9 Å². The predicted octanol–water partition coefficient (Wildman–Crippen LogP) is 18.4. The molecule has 2 aliphatic rings. The number of nitrogens with zero attached hydrogens (tertiary/aromatic N) is 4. The molecule has 4 aromatic heterocycles. The van der Waals surface area contributed by atoms with Gasteiger partial charge in [0.1, 0.15) is 0 Å². The van der Waals surface area contributed by atoms with Crippen LogP contribution in [0.5, 0.6) is 0 Å². The van der Waals surface area contributed by atoms with Gasteiger partial charge in [0.2, 0.25) is 0 Å². The molecule has 11 rings (SSSR count). The fourth-order valence-corrected chi connectivity index (χ4v) is 12.2. The topological polar surface area (TPSA) is 113 Å². The van der Waals surface area contributed by atoms with Crippen molar-refractivity contribution in [3.63, 3.8) is 0 Å². The van der Waals surface area contributed by atoms with Crippen molar-refractivity contribution >= 4 is 35.0 Å². The van der Waals surface area contributed by atoms with Gasteiger partial charge in [-0.05, 0) is 177 Å². The summed E-state index contributed by atoms with van der Waals surface area (Å²) in [5.74, 6) is 0. The van der Waals surface area contributed by atoms with Crippen LogP contribution in [0.2, 0.25) is 0 Å². The lowest BCUT2D eigenvalue weighted by Gasteiger charge is -2.22. The summed E-state index contributed by atoms with van der Waals surface area (Å²) in [4.78, 5) is 36.3. The predicted molar refractivity (Wildman–Crippen MR) is 354 cm³/mol. The zero-order valence-corrected chi connectivity index (χ0v) is 50.4. The molecule has 0 unspecified atom stereocenters. The number of rotatable bonds is 20. The lowest BCUT2D eigenvalue weighted by atomic mass is 9.84. The number of allylic oxidation sites excluding steroid dienone is 4. The van der Waals surface area contributed by atoms with E-state index in [4.69, 9.17) is 20.0 Å². The van der Waals surface area contributed by atoms with Gasteiger partial charge in [-0.15, -0.1) is 0 Å². The summed E-state index contributed by atoms with van der Waals surface area (Å²) < 4.78 is 0. The van der Waals surface area contributed by atoms with E-state index in [2.05, 4.69) is 271 Å². The van der Waals surface area contributed by atoms with E-state index in [0.29, 0.717) is 0 Å². The fraction of sp³-hybridized carbons (Fsp3) is 0.237. The second kappa shape index (κ2) is 24.4. The highest BCUT2D eigenvalue weighted by molar-refractivity contribution is 6.08. The molecule has 2 aliphatic heterocycles. The molecule has 0 amide bonds. The standard InChI is InChI=1S/C76H78N8/c1-11-59-61(13-3)73(69(53-32-23-17-24-33-53)63-40-44-67(81-63)75(7,8)65-42-38-57(79-65)47-77-49(5)51-28-19-15-20-29-51)83-71(59)55-36-27-37-56(46-55)72-60(12-2)62(14-4)74(84-72)70(54-34-25-18-26-35-54)64-41-45-68(82-64)76(9,10)66-43-39-58(80-66)48-78-50(6)52-30-21-16-22-31-52/h15-50,79-80,83-84H,11-14H2,1-10H3/b69-63+,70-64+,77-47?,78-48?/t49-,50-/m0/s1. The molecule has 8 nitrogen and oxygen atoms in total. The number of nitrogens with one attached hydrogen (secondary N) is 4. The van der Waals surface area contributed by atoms with Crippen LogP contribution in [0, 0.1) is 0 Å². The summed E-state index contributed by atoms with van der Waals surface area (Å²) in [6, 6.07) is 60.2. The van der Waals surface area contributed by atoms with Crippen molar-refractivity contribution in [3.05, 3.63) is 284 Å². The van der Waals surface area contributed by atoms with E-state index in [9.17, 15) is 0 Å². The van der Waals surface area contributed by atoms with Crippen molar-refractivity contribution in [1.82, 2.24) is 19.9 Å². The number of hydrogen-bond donors (Lipinski definition) is 4. The monoisotopic (exact) mass is 1100 g/mol. The molecule has 9 aromatic rings. The molecule has 0 radical (unpaired) electrons. The zero-order valence-electron chi connectivity index (χ0n) is 50.4. The Kier molecular flexibility index (Phi) is 16.4. The van der Waals surface area contributed by atoms with Gasteiger partial charge in [-0.25, -0.2) is 0 Å². The molecule has 0 aliphatic carbocycles. The maximum Gasteiger partial charge on any atom is 0.0733 e. The van der Waals surface area contributed by atoms with Crippen LogP contribution in [0.15, 0.2) is 226 Å². The van der Waals surface area contributed by atoms with Crippen molar-refractivity contribution in [3.8, 4) is 22.5 Å². The van der Waals surface area contributed by atoms with E-state index in [1.807, 2.05) is 24.6 Å². The second-order valence-electron chi connectivity index (χ2n) is 23.2. The minimum atomic E-state index is -0.404. The summed E-state index contributed by atoms with van der Waals surface area (Å²) in [6.45, 7) is 22.4. The number of aliphatic imine (C=N–C) groups is 4. The summed E-state index contributed by atoms with van der Waals surface area (Å²) in [5.41, 5.74) is 26.1. The van der Waals surface area contributed by atoms with Gasteiger partial charge in [0.25, 0.3) is 0 Å². The molecular formula is C76H78N8. The average Bonchev–Trinajstić information content (AvgIpc) is 4.28. The summed E-state index contributed by atoms with van der Waals surface area (Å²) in [5, 5.41) is 0. The van der Waals surface area contributed by atoms with E-state index >= 15 is 0 Å². The minimum Gasteiger partial charge on any atom is -0.357 e. The lowest BCUT2D eigenvalue weighted by Crippen LogP contribution is -2.27. The Morgan fingerprint density at radius 1 is 0.429 bits per heavy atom. The second-order valence-corrected chi connectivity index (χ2v) is 23.2. The first-order valence-electron chi connectivity index (χ1n) is 30.1. The van der Waals surface area contributed by atoms with Gasteiger partial charge in [0.05, 0.1) is 57.7 Å². The Hall–Kier alpha value is -9.14. The van der Waals surface area contributed by atoms with Crippen LogP contribution in [0.1, 0.15) is 160 Å². The van der Waals surface area contributed by atoms with Crippen molar-refractivity contribution < 1.29 is 0 Å². The molecule has 5 aromatic carbocycles. The van der Waals surface area contributed by atoms with Gasteiger partial charge >= 0.3 is 0 Å². The quantitative estimate of drug-likeness (QED) is 0.0545. The van der Waals surface area contributed by atoms with Crippen LogP contribution in [-0.4, -0.2) is 43.8 Å². The molecule has 0 saturated carbocycles. The third kappa shape index (κ3) is 11.3. The van der Waals surface area contributed by atoms with Crippen molar-refractivity contribution in [2.75, 3.05) is 0 Å². The third-order valence-corrected chi connectivity index (χ3v) is 17.2. The summed E-state index contributed by atoms with van der Waals surface area (Å²) in [7, 11) is 0. The van der Waals surface area contributed by atoms with Gasteiger partial charge in [0.15, 0.2) is 0 Å². The highest BCUT2D eigenvalue weighted by Crippen LogP contribution is 2.43. The van der Waals surface area contributed by atoms with Crippen LogP contribution >= 0.6 is 0 Å². The van der Waals surface area contributed by atoms with Crippen LogP contribution in [0.4, 0.5) is 0 Å². The maximum atomic E-state index is 5.52. The van der Waals surface area contributed by atoms with E-state index < -0.39 is 10.8 Å². The van der Waals surface area contributed by atoms with Gasteiger partial charge in [0, 0.05) is 57.2 Å². The Balaban J connectivity index is 0.943. The molecule has 422 valence electrons. The average molecular weight is 1100 g/mol. The van der Waals surface area contributed by atoms with Crippen LogP contribution < -0.4 is 0 Å². The Labute approximate surface area is 496 Å². The molecule has 0 bridgehead atoms. The third-order valence-electron chi connectivity index (χ3n) is 17.2. The Morgan fingerprint density at radius 2 is 0.798 bits per heavy atom. The van der Waals surface area contributed by atoms with Gasteiger partial charge in [-0.1, -0.05) is 167 Å². The maximum absolute atomic E-state index is 5.52. The molecule has 84 heavy (non-hydrogen) atoms. The number of aromatic nitrogens is 4. The summed E-state index contributed by atoms with van der Waals surface area (Å²) >= 11 is 0. The van der Waals surface area contributed by atoms with Crippen LogP contribution in [0.3, 0.4) is 0 Å². The first-order chi connectivity index (χ1) is 40.8. The highest BCUT2D eigenvalue weighted by Gasteiger charge is 2.33. The van der Waals surface area contributed by atoms with E-state index in [0.717, 1.165) is 127 Å². The number of H-pyrrole nitrogens is 4. The van der Waals surface area contributed by atoms with Crippen molar-refractivity contribution in [1.29, 1.82) is 0 Å². The molecule has 6 heterocycles. The highest BCUT2D eigenvalue weighted by atomic mass is 14.9. The first kappa shape index (κ1) is 56.7. The molecule has 4 N–H and O–H groups in total. The molecule has 2 atom stereocenters. The van der Waals surface area contributed by atoms with Gasteiger partial charge in [-0.2, -0.15) is 0 Å². The van der Waals surface area contributed by atoms with E-state index in [1.165, 1.54) is 33.4 Å². The molecule has 8 heteroatoms. The molecular weight excluding hydrogens is 1020 g/mol. The number of aromatic amines is 4. The van der Waals surface area contributed by atoms with Gasteiger partial charge in [-0.3, -0.25) is 20.0 Å². The minimum absolute atomic E-state index is 0.0553. The SMILES string of the molecule is CCc1c(/C(=C2\C=CC(C(C)(C)c3ccc(C=N[C@@H](C)c4ccccc4)[nH]3)=N2)c2ccccc2)[nH]c(-c2cccc(-c3[nH]c(/C(=C4\C=CC(C(C)(C)c5ccc(C=N[C@@H](C)c6ccccc6)[nH]5)=N4)c4ccccc4)c(CC)c3CC)c2)c1CC.